The molecule has 1 amide bonds. The normalized spacial score (nSPS) is 18.8. The van der Waals surface area contributed by atoms with Crippen molar-refractivity contribution < 1.29 is 32.2 Å². The van der Waals surface area contributed by atoms with Gasteiger partial charge in [-0.1, -0.05) is 0 Å². The Balaban J connectivity index is 1.78. The van der Waals surface area contributed by atoms with Gasteiger partial charge in [0, 0.05) is 31.7 Å². The second-order valence-electron chi connectivity index (χ2n) is 7.20. The van der Waals surface area contributed by atoms with Gasteiger partial charge in [-0.3, -0.25) is 9.59 Å². The molecule has 2 fully saturated rings. The van der Waals surface area contributed by atoms with Gasteiger partial charge in [0.15, 0.2) is 0 Å². The first-order chi connectivity index (χ1) is 14.4. The predicted molar refractivity (Wildman–Crippen MR) is 108 cm³/mol. The maximum absolute atomic E-state index is 13.1. The number of methoxy groups -OCH3 is 1. The molecular weight excluding hydrogens is 412 g/mol. The fraction of sp³-hybridized carbons (Fsp3) is 0.600. The Morgan fingerprint density at radius 3 is 2.40 bits per heavy atom. The largest absolute Gasteiger partial charge is 0.495 e. The third-order valence-electron chi connectivity index (χ3n) is 5.40. The molecule has 0 spiro atoms. The molecule has 2 aliphatic rings. The number of piperidine rings is 1. The van der Waals surface area contributed by atoms with Crippen LogP contribution in [0.2, 0.25) is 0 Å². The van der Waals surface area contributed by atoms with Gasteiger partial charge in [-0.05, 0) is 38.0 Å². The van der Waals surface area contributed by atoms with Crippen molar-refractivity contribution in [1.29, 1.82) is 0 Å². The molecule has 10 heteroatoms. The molecule has 166 valence electrons. The van der Waals surface area contributed by atoms with Gasteiger partial charge >= 0.3 is 5.97 Å². The number of nitrogens with zero attached hydrogens (tertiary/aromatic N) is 2. The molecule has 2 heterocycles. The molecule has 9 nitrogen and oxygen atoms in total. The lowest BCUT2D eigenvalue weighted by atomic mass is 9.96. The van der Waals surface area contributed by atoms with Crippen LogP contribution >= 0.6 is 0 Å². The number of sulfonamides is 1. The van der Waals surface area contributed by atoms with Gasteiger partial charge in [-0.2, -0.15) is 4.31 Å². The quantitative estimate of drug-likeness (QED) is 0.611. The van der Waals surface area contributed by atoms with E-state index in [1.54, 1.807) is 17.9 Å². The number of morpholine rings is 1. The van der Waals surface area contributed by atoms with Crippen molar-refractivity contribution in [1.82, 2.24) is 9.21 Å². The number of rotatable bonds is 6. The molecule has 0 radical (unpaired) electrons. The first-order valence-corrected chi connectivity index (χ1v) is 11.5. The molecule has 0 aromatic heterocycles. The molecule has 0 atom stereocenters. The van der Waals surface area contributed by atoms with Crippen LogP contribution < -0.4 is 4.74 Å². The molecule has 3 rings (SSSR count). The van der Waals surface area contributed by atoms with Gasteiger partial charge in [0.05, 0.1) is 32.8 Å². The highest BCUT2D eigenvalue weighted by molar-refractivity contribution is 7.89. The highest BCUT2D eigenvalue weighted by Gasteiger charge is 2.32. The van der Waals surface area contributed by atoms with E-state index in [2.05, 4.69) is 0 Å². The third-order valence-corrected chi connectivity index (χ3v) is 7.32. The SMILES string of the molecule is CCOC(=O)C1CCN(C(=O)c2ccc(OC)c(S(=O)(=O)N3CCOCC3)c2)CC1. The summed E-state index contributed by atoms with van der Waals surface area (Å²) >= 11 is 0. The smallest absolute Gasteiger partial charge is 0.309 e. The molecule has 0 bridgehead atoms. The maximum Gasteiger partial charge on any atom is 0.309 e. The number of ether oxygens (including phenoxy) is 3. The van der Waals surface area contributed by atoms with Crippen molar-refractivity contribution in [3.63, 3.8) is 0 Å². The van der Waals surface area contributed by atoms with E-state index in [0.717, 1.165) is 0 Å². The summed E-state index contributed by atoms with van der Waals surface area (Å²) in [6, 6.07) is 4.45. The molecule has 2 saturated heterocycles. The van der Waals surface area contributed by atoms with Crippen LogP contribution in [-0.2, 0) is 24.3 Å². The van der Waals surface area contributed by atoms with Crippen LogP contribution in [0.4, 0.5) is 0 Å². The van der Waals surface area contributed by atoms with Crippen molar-refractivity contribution in [2.45, 2.75) is 24.7 Å². The van der Waals surface area contributed by atoms with Gasteiger partial charge < -0.3 is 19.1 Å². The van der Waals surface area contributed by atoms with Crippen LogP contribution in [0.5, 0.6) is 5.75 Å². The minimum absolute atomic E-state index is 0.0286. The Labute approximate surface area is 176 Å². The molecule has 0 N–H and O–H groups in total. The third kappa shape index (κ3) is 4.76. The standard InChI is InChI=1S/C20H28N2O7S/c1-3-29-20(24)15-6-8-21(9-7-15)19(23)16-4-5-17(27-2)18(14-16)30(25,26)22-10-12-28-13-11-22/h4-5,14-15H,3,6-13H2,1-2H3. The fourth-order valence-electron chi connectivity index (χ4n) is 3.70. The van der Waals surface area contributed by atoms with Crippen molar-refractivity contribution in [3.8, 4) is 5.75 Å². The average molecular weight is 441 g/mol. The molecule has 1 aromatic rings. The number of carbonyl (C=O) groups is 2. The summed E-state index contributed by atoms with van der Waals surface area (Å²) in [5.74, 6) is -0.507. The summed E-state index contributed by atoms with van der Waals surface area (Å²) in [4.78, 5) is 26.5. The highest BCUT2D eigenvalue weighted by Crippen LogP contribution is 2.29. The molecular formula is C20H28N2O7S. The van der Waals surface area contributed by atoms with E-state index < -0.39 is 10.0 Å². The van der Waals surface area contributed by atoms with Crippen molar-refractivity contribution in [2.75, 3.05) is 53.1 Å². The summed E-state index contributed by atoms with van der Waals surface area (Å²) in [5.41, 5.74) is 0.275. The number of amides is 1. The molecule has 30 heavy (non-hydrogen) atoms. The van der Waals surface area contributed by atoms with E-state index in [4.69, 9.17) is 14.2 Å². The minimum Gasteiger partial charge on any atom is -0.495 e. The number of esters is 1. The molecule has 0 unspecified atom stereocenters. The summed E-state index contributed by atoms with van der Waals surface area (Å²) in [6.07, 6.45) is 1.05. The Morgan fingerprint density at radius 2 is 1.80 bits per heavy atom. The maximum atomic E-state index is 13.1. The van der Waals surface area contributed by atoms with Crippen LogP contribution in [-0.4, -0.2) is 82.6 Å². The Bertz CT molecular complexity index is 873. The molecule has 1 aromatic carbocycles. The van der Waals surface area contributed by atoms with E-state index in [1.807, 2.05) is 0 Å². The Hall–Kier alpha value is -2.17. The van der Waals surface area contributed by atoms with Gasteiger partial charge in [0.2, 0.25) is 10.0 Å². The topological polar surface area (TPSA) is 102 Å². The number of likely N-dealkylation sites (tertiary alicyclic amines) is 1. The number of benzene rings is 1. The zero-order chi connectivity index (χ0) is 21.7. The van der Waals surface area contributed by atoms with Crippen molar-refractivity contribution >= 4 is 21.9 Å². The minimum atomic E-state index is -3.82. The summed E-state index contributed by atoms with van der Waals surface area (Å²) in [5, 5.41) is 0. The Kier molecular flexibility index (Phi) is 7.32. The monoisotopic (exact) mass is 440 g/mol. The molecule has 0 aliphatic carbocycles. The predicted octanol–water partition coefficient (Wildman–Crippen LogP) is 1.13. The van der Waals surface area contributed by atoms with Gasteiger partial charge in [0.25, 0.3) is 5.91 Å². The second-order valence-corrected chi connectivity index (χ2v) is 9.11. The fourth-order valence-corrected chi connectivity index (χ4v) is 5.29. The number of carbonyl (C=O) groups excluding carboxylic acids is 2. The first kappa shape index (κ1) is 22.5. The van der Waals surface area contributed by atoms with E-state index >= 15 is 0 Å². The molecule has 0 saturated carbocycles. The van der Waals surface area contributed by atoms with Crippen molar-refractivity contribution in [3.05, 3.63) is 23.8 Å². The van der Waals surface area contributed by atoms with Crippen molar-refractivity contribution in [2.24, 2.45) is 5.92 Å². The lowest BCUT2D eigenvalue weighted by Crippen LogP contribution is -2.41. The number of hydrogen-bond acceptors (Lipinski definition) is 7. The molecule has 2 aliphatic heterocycles. The van der Waals surface area contributed by atoms with E-state index in [-0.39, 0.29) is 47.1 Å². The van der Waals surface area contributed by atoms with E-state index in [9.17, 15) is 18.0 Å². The van der Waals surface area contributed by atoms with Crippen LogP contribution in [0.25, 0.3) is 0 Å². The van der Waals surface area contributed by atoms with Gasteiger partial charge in [-0.15, -0.1) is 0 Å². The van der Waals surface area contributed by atoms with Crippen LogP contribution in [0.1, 0.15) is 30.1 Å². The summed E-state index contributed by atoms with van der Waals surface area (Å²) < 4.78 is 43.1. The van der Waals surface area contributed by atoms with E-state index in [0.29, 0.717) is 45.8 Å². The lowest BCUT2D eigenvalue weighted by Gasteiger charge is -2.31. The summed E-state index contributed by atoms with van der Waals surface area (Å²) in [7, 11) is -2.42. The lowest BCUT2D eigenvalue weighted by molar-refractivity contribution is -0.149. The zero-order valence-electron chi connectivity index (χ0n) is 17.3. The van der Waals surface area contributed by atoms with Crippen LogP contribution in [0.3, 0.4) is 0 Å². The zero-order valence-corrected chi connectivity index (χ0v) is 18.2. The first-order valence-electron chi connectivity index (χ1n) is 10.1. The van der Waals surface area contributed by atoms with Crippen LogP contribution in [0, 0.1) is 5.92 Å². The van der Waals surface area contributed by atoms with Crippen LogP contribution in [0.15, 0.2) is 23.1 Å². The van der Waals surface area contributed by atoms with Gasteiger partial charge in [-0.25, -0.2) is 8.42 Å². The number of hydrogen-bond donors (Lipinski definition) is 0. The second kappa shape index (κ2) is 9.76. The van der Waals surface area contributed by atoms with E-state index in [1.165, 1.54) is 23.5 Å². The highest BCUT2D eigenvalue weighted by atomic mass is 32.2. The average Bonchev–Trinajstić information content (AvgIpc) is 2.79. The van der Waals surface area contributed by atoms with Gasteiger partial charge in [0.1, 0.15) is 10.6 Å². The summed E-state index contributed by atoms with van der Waals surface area (Å²) in [6.45, 7) is 4.11. The Morgan fingerprint density at radius 1 is 1.13 bits per heavy atom.